The summed E-state index contributed by atoms with van der Waals surface area (Å²) in [4.78, 5) is 20.9. The topological polar surface area (TPSA) is 45.7 Å². The van der Waals surface area contributed by atoms with Crippen molar-refractivity contribution in [2.24, 2.45) is 0 Å². The summed E-state index contributed by atoms with van der Waals surface area (Å²) < 4.78 is 5.71. The van der Waals surface area contributed by atoms with E-state index in [0.29, 0.717) is 23.9 Å². The van der Waals surface area contributed by atoms with Gasteiger partial charge in [-0.2, -0.15) is 0 Å². The maximum absolute atomic E-state index is 12.5. The number of carbonyl (C=O) groups excluding carboxylic acids is 1. The summed E-state index contributed by atoms with van der Waals surface area (Å²) in [6.45, 7) is 4.69. The molecular weight excluding hydrogens is 334 g/mol. The third kappa shape index (κ3) is 3.76. The number of rotatable bonds is 4. The van der Waals surface area contributed by atoms with E-state index in [0.717, 1.165) is 18.2 Å². The molecule has 1 aliphatic rings. The molecule has 7 heteroatoms. The predicted molar refractivity (Wildman–Crippen MR) is 92.4 cm³/mol. The second-order valence-electron chi connectivity index (χ2n) is 5.32. The van der Waals surface area contributed by atoms with Crippen LogP contribution in [0.5, 0.6) is 5.75 Å². The lowest BCUT2D eigenvalue weighted by Gasteiger charge is -2.35. The quantitative estimate of drug-likeness (QED) is 0.849. The number of para-hydroxylation sites is 1. The van der Waals surface area contributed by atoms with Crippen LogP contribution in [0.2, 0.25) is 5.02 Å². The lowest BCUT2D eigenvalue weighted by Crippen LogP contribution is -2.52. The predicted octanol–water partition coefficient (Wildman–Crippen LogP) is 2.91. The fraction of sp³-hybridized carbons (Fsp3) is 0.375. The fourth-order valence-corrected chi connectivity index (χ4v) is 3.41. The molecule has 1 amide bonds. The molecule has 1 atom stereocenters. The summed E-state index contributed by atoms with van der Waals surface area (Å²) in [5, 5.41) is 3.49. The lowest BCUT2D eigenvalue weighted by atomic mass is 10.2. The molecule has 5 nitrogen and oxygen atoms in total. The Morgan fingerprint density at radius 2 is 2.04 bits per heavy atom. The Hall–Kier alpha value is -1.79. The Morgan fingerprint density at radius 1 is 1.30 bits per heavy atom. The Morgan fingerprint density at radius 3 is 2.70 bits per heavy atom. The van der Waals surface area contributed by atoms with Crippen LogP contribution in [0.4, 0.5) is 5.13 Å². The van der Waals surface area contributed by atoms with Gasteiger partial charge in [-0.3, -0.25) is 4.79 Å². The Bertz CT molecular complexity index is 657. The monoisotopic (exact) mass is 351 g/mol. The molecule has 0 N–H and O–H groups in total. The molecule has 1 aliphatic heterocycles. The molecule has 2 heterocycles. The SMILES string of the molecule is CC(Oc1ccccc1Cl)C(=O)N1CCN(c2nccs2)CC1. The average molecular weight is 352 g/mol. The van der Waals surface area contributed by atoms with Crippen LogP contribution < -0.4 is 9.64 Å². The largest absolute Gasteiger partial charge is 0.479 e. The van der Waals surface area contributed by atoms with Gasteiger partial charge in [0.15, 0.2) is 11.2 Å². The van der Waals surface area contributed by atoms with Gasteiger partial charge in [0.25, 0.3) is 5.91 Å². The van der Waals surface area contributed by atoms with Crippen molar-refractivity contribution in [2.45, 2.75) is 13.0 Å². The van der Waals surface area contributed by atoms with Gasteiger partial charge < -0.3 is 14.5 Å². The molecule has 0 radical (unpaired) electrons. The first kappa shape index (κ1) is 16.1. The van der Waals surface area contributed by atoms with Gasteiger partial charge in [-0.05, 0) is 19.1 Å². The van der Waals surface area contributed by atoms with Crippen molar-refractivity contribution in [1.82, 2.24) is 9.88 Å². The second kappa shape index (κ2) is 7.19. The highest BCUT2D eigenvalue weighted by Gasteiger charge is 2.27. The molecule has 1 unspecified atom stereocenters. The molecule has 1 fully saturated rings. The van der Waals surface area contributed by atoms with E-state index in [2.05, 4.69) is 9.88 Å². The summed E-state index contributed by atoms with van der Waals surface area (Å²) in [6, 6.07) is 7.19. The molecule has 0 aliphatic carbocycles. The van der Waals surface area contributed by atoms with Crippen LogP contribution in [-0.4, -0.2) is 48.1 Å². The first-order chi connectivity index (χ1) is 11.1. The summed E-state index contributed by atoms with van der Waals surface area (Å²) in [5.41, 5.74) is 0. The van der Waals surface area contributed by atoms with E-state index >= 15 is 0 Å². The molecule has 2 aromatic rings. The number of hydrogen-bond donors (Lipinski definition) is 0. The minimum atomic E-state index is -0.554. The zero-order chi connectivity index (χ0) is 16.2. The van der Waals surface area contributed by atoms with Crippen molar-refractivity contribution in [3.63, 3.8) is 0 Å². The molecule has 122 valence electrons. The molecule has 0 bridgehead atoms. The summed E-state index contributed by atoms with van der Waals surface area (Å²) in [7, 11) is 0. The first-order valence-corrected chi connectivity index (χ1v) is 8.75. The lowest BCUT2D eigenvalue weighted by molar-refractivity contribution is -0.138. The zero-order valence-electron chi connectivity index (χ0n) is 12.8. The summed E-state index contributed by atoms with van der Waals surface area (Å²) in [6.07, 6.45) is 1.25. The van der Waals surface area contributed by atoms with E-state index in [9.17, 15) is 4.79 Å². The molecule has 23 heavy (non-hydrogen) atoms. The maximum atomic E-state index is 12.5. The molecule has 1 aromatic carbocycles. The minimum absolute atomic E-state index is 0.0105. The van der Waals surface area contributed by atoms with Crippen molar-refractivity contribution in [3.8, 4) is 5.75 Å². The Balaban J connectivity index is 1.55. The van der Waals surface area contributed by atoms with Gasteiger partial charge in [0.1, 0.15) is 5.75 Å². The van der Waals surface area contributed by atoms with Gasteiger partial charge in [-0.15, -0.1) is 11.3 Å². The zero-order valence-corrected chi connectivity index (χ0v) is 14.4. The molecule has 0 saturated carbocycles. The number of aromatic nitrogens is 1. The van der Waals surface area contributed by atoms with Crippen molar-refractivity contribution >= 4 is 34.0 Å². The van der Waals surface area contributed by atoms with Crippen molar-refractivity contribution < 1.29 is 9.53 Å². The summed E-state index contributed by atoms with van der Waals surface area (Å²) in [5.74, 6) is 0.528. The van der Waals surface area contributed by atoms with Crippen LogP contribution in [0.25, 0.3) is 0 Å². The molecule has 1 aromatic heterocycles. The molecule has 3 rings (SSSR count). The van der Waals surface area contributed by atoms with E-state index in [1.165, 1.54) is 0 Å². The van der Waals surface area contributed by atoms with Crippen LogP contribution in [0.1, 0.15) is 6.92 Å². The number of anilines is 1. The number of amides is 1. The Kier molecular flexibility index (Phi) is 5.03. The number of nitrogens with zero attached hydrogens (tertiary/aromatic N) is 3. The number of piperazine rings is 1. The van der Waals surface area contributed by atoms with Gasteiger partial charge in [0.05, 0.1) is 5.02 Å². The third-order valence-electron chi connectivity index (χ3n) is 3.77. The normalized spacial score (nSPS) is 16.3. The Labute approximate surface area is 144 Å². The van der Waals surface area contributed by atoms with Crippen LogP contribution in [0.3, 0.4) is 0 Å². The van der Waals surface area contributed by atoms with Crippen LogP contribution in [-0.2, 0) is 4.79 Å². The number of ether oxygens (including phenoxy) is 1. The second-order valence-corrected chi connectivity index (χ2v) is 6.60. The van der Waals surface area contributed by atoms with Crippen LogP contribution in [0, 0.1) is 0 Å². The number of benzene rings is 1. The van der Waals surface area contributed by atoms with Gasteiger partial charge in [-0.1, -0.05) is 23.7 Å². The van der Waals surface area contributed by atoms with Crippen molar-refractivity contribution in [3.05, 3.63) is 40.9 Å². The van der Waals surface area contributed by atoms with E-state index < -0.39 is 6.10 Å². The van der Waals surface area contributed by atoms with E-state index in [-0.39, 0.29) is 5.91 Å². The van der Waals surface area contributed by atoms with E-state index in [1.54, 1.807) is 36.6 Å². The molecular formula is C16H18ClN3O2S. The van der Waals surface area contributed by atoms with Gasteiger partial charge in [-0.25, -0.2) is 4.98 Å². The third-order valence-corrected chi connectivity index (χ3v) is 4.91. The van der Waals surface area contributed by atoms with E-state index in [4.69, 9.17) is 16.3 Å². The van der Waals surface area contributed by atoms with Gasteiger partial charge >= 0.3 is 0 Å². The smallest absolute Gasteiger partial charge is 0.263 e. The molecule has 1 saturated heterocycles. The minimum Gasteiger partial charge on any atom is -0.479 e. The van der Waals surface area contributed by atoms with Crippen LogP contribution >= 0.6 is 22.9 Å². The van der Waals surface area contributed by atoms with E-state index in [1.807, 2.05) is 22.4 Å². The highest BCUT2D eigenvalue weighted by atomic mass is 35.5. The van der Waals surface area contributed by atoms with Crippen molar-refractivity contribution in [1.29, 1.82) is 0 Å². The number of hydrogen-bond acceptors (Lipinski definition) is 5. The fourth-order valence-electron chi connectivity index (χ4n) is 2.53. The number of halogens is 1. The van der Waals surface area contributed by atoms with Gasteiger partial charge in [0, 0.05) is 37.8 Å². The number of thiazole rings is 1. The maximum Gasteiger partial charge on any atom is 0.263 e. The standard InChI is InChI=1S/C16H18ClN3O2S/c1-12(22-14-5-3-2-4-13(14)17)15(21)19-7-9-20(10-8-19)16-18-6-11-23-16/h2-6,11-12H,7-10H2,1H3. The van der Waals surface area contributed by atoms with Crippen molar-refractivity contribution in [2.75, 3.05) is 31.1 Å². The van der Waals surface area contributed by atoms with Crippen LogP contribution in [0.15, 0.2) is 35.8 Å². The number of carbonyl (C=O) groups is 1. The first-order valence-electron chi connectivity index (χ1n) is 7.49. The average Bonchev–Trinajstić information content (AvgIpc) is 3.11. The summed E-state index contributed by atoms with van der Waals surface area (Å²) >= 11 is 7.69. The molecule has 0 spiro atoms. The van der Waals surface area contributed by atoms with Gasteiger partial charge in [0.2, 0.25) is 0 Å². The highest BCUT2D eigenvalue weighted by molar-refractivity contribution is 7.13. The highest BCUT2D eigenvalue weighted by Crippen LogP contribution is 2.25.